The van der Waals surface area contributed by atoms with Gasteiger partial charge < -0.3 is 4.74 Å². The fourth-order valence-electron chi connectivity index (χ4n) is 0.613. The maximum Gasteiger partial charge on any atom is 0.0785 e. The van der Waals surface area contributed by atoms with Crippen LogP contribution in [-0.2, 0) is 4.74 Å². The summed E-state index contributed by atoms with van der Waals surface area (Å²) in [7, 11) is 1.68. The van der Waals surface area contributed by atoms with Gasteiger partial charge >= 0.3 is 0 Å². The van der Waals surface area contributed by atoms with Crippen molar-refractivity contribution < 1.29 is 4.74 Å². The first-order chi connectivity index (χ1) is 3.93. The van der Waals surface area contributed by atoms with Crippen molar-refractivity contribution in [2.45, 2.75) is 0 Å². The van der Waals surface area contributed by atoms with E-state index in [1.807, 2.05) is 18.2 Å². The van der Waals surface area contributed by atoms with Gasteiger partial charge in [0.1, 0.15) is 0 Å². The average molecular weight is 108 g/mol. The van der Waals surface area contributed by atoms with Gasteiger partial charge in [-0.3, -0.25) is 0 Å². The zero-order valence-corrected chi connectivity index (χ0v) is 4.85. The number of allylic oxidation sites excluding steroid dienone is 1. The molecule has 0 aromatic carbocycles. The van der Waals surface area contributed by atoms with Crippen LogP contribution in [0.3, 0.4) is 0 Å². The smallest absolute Gasteiger partial charge is 0.0785 e. The van der Waals surface area contributed by atoms with Crippen molar-refractivity contribution in [3.8, 4) is 0 Å². The molecule has 0 atom stereocenters. The van der Waals surface area contributed by atoms with Gasteiger partial charge in [0, 0.05) is 12.7 Å². The summed E-state index contributed by atoms with van der Waals surface area (Å²) in [4.78, 5) is 0. The van der Waals surface area contributed by atoms with Gasteiger partial charge in [0.05, 0.1) is 6.61 Å². The second kappa shape index (κ2) is 2.51. The second-order valence-corrected chi connectivity index (χ2v) is 1.63. The van der Waals surface area contributed by atoms with Crippen molar-refractivity contribution in [3.63, 3.8) is 0 Å². The summed E-state index contributed by atoms with van der Waals surface area (Å²) in [6, 6.07) is 0. The third-order valence-corrected chi connectivity index (χ3v) is 0.962. The van der Waals surface area contributed by atoms with Crippen molar-refractivity contribution in [1.82, 2.24) is 0 Å². The summed E-state index contributed by atoms with van der Waals surface area (Å²) in [6.45, 7) is 0.674. The second-order valence-electron chi connectivity index (χ2n) is 1.63. The van der Waals surface area contributed by atoms with E-state index in [1.54, 1.807) is 7.11 Å². The molecule has 0 bridgehead atoms. The highest BCUT2D eigenvalue weighted by atomic mass is 16.5. The molecule has 1 aliphatic carbocycles. The lowest BCUT2D eigenvalue weighted by Crippen LogP contribution is -1.87. The fourth-order valence-corrected chi connectivity index (χ4v) is 0.613. The molecular formula is C7H8O. The molecule has 0 aliphatic heterocycles. The van der Waals surface area contributed by atoms with Crippen LogP contribution in [-0.4, -0.2) is 13.7 Å². The topological polar surface area (TPSA) is 9.23 Å². The summed E-state index contributed by atoms with van der Waals surface area (Å²) in [5.74, 6) is 0. The standard InChI is InChI=1S/C7H8O/c1-8-6-7-4-2-3-5-7/h2-4H,6H2,1H3. The Morgan fingerprint density at radius 1 is 1.75 bits per heavy atom. The lowest BCUT2D eigenvalue weighted by molar-refractivity contribution is 0.228. The average Bonchev–Trinajstić information content (AvgIpc) is 2.19. The van der Waals surface area contributed by atoms with E-state index in [0.717, 1.165) is 5.57 Å². The Kier molecular flexibility index (Phi) is 1.68. The first kappa shape index (κ1) is 5.36. The number of rotatable bonds is 2. The molecule has 1 heteroatoms. The minimum atomic E-state index is 0.674. The lowest BCUT2D eigenvalue weighted by Gasteiger charge is -1.90. The van der Waals surface area contributed by atoms with Crippen LogP contribution in [0.5, 0.6) is 0 Å². The molecule has 1 nitrogen and oxygen atoms in total. The Morgan fingerprint density at radius 2 is 2.62 bits per heavy atom. The molecule has 0 fully saturated rings. The lowest BCUT2D eigenvalue weighted by atomic mass is 10.3. The third kappa shape index (κ3) is 1.09. The minimum Gasteiger partial charge on any atom is -0.379 e. The van der Waals surface area contributed by atoms with Crippen molar-refractivity contribution >= 4 is 0 Å². The highest BCUT2D eigenvalue weighted by molar-refractivity contribution is 5.29. The maximum absolute atomic E-state index is 4.85. The zero-order chi connectivity index (χ0) is 5.82. The molecule has 42 valence electrons. The van der Waals surface area contributed by atoms with Gasteiger partial charge in [-0.25, -0.2) is 0 Å². The van der Waals surface area contributed by atoms with Gasteiger partial charge in [0.25, 0.3) is 0 Å². The van der Waals surface area contributed by atoms with Crippen LogP contribution >= 0.6 is 0 Å². The van der Waals surface area contributed by atoms with Crippen molar-refractivity contribution in [3.05, 3.63) is 29.5 Å². The molecule has 8 heavy (non-hydrogen) atoms. The maximum atomic E-state index is 4.85. The fraction of sp³-hybridized carbons (Fsp3) is 0.286. The molecule has 0 aromatic rings. The Bertz CT molecular complexity index is 159. The quantitative estimate of drug-likeness (QED) is 0.484. The summed E-state index contributed by atoms with van der Waals surface area (Å²) in [5, 5.41) is 0. The summed E-state index contributed by atoms with van der Waals surface area (Å²) in [5.41, 5.74) is 4.13. The molecule has 1 aliphatic rings. The zero-order valence-electron chi connectivity index (χ0n) is 4.85. The van der Waals surface area contributed by atoms with E-state index < -0.39 is 0 Å². The van der Waals surface area contributed by atoms with E-state index in [0.29, 0.717) is 6.61 Å². The molecule has 0 radical (unpaired) electrons. The van der Waals surface area contributed by atoms with Gasteiger partial charge in [-0.2, -0.15) is 0 Å². The number of methoxy groups -OCH3 is 1. The van der Waals surface area contributed by atoms with Crippen molar-refractivity contribution in [2.75, 3.05) is 13.7 Å². The molecule has 0 spiro atoms. The van der Waals surface area contributed by atoms with Crippen LogP contribution in [0.1, 0.15) is 0 Å². The van der Waals surface area contributed by atoms with Gasteiger partial charge in [-0.05, 0) is 12.2 Å². The molecule has 1 rings (SSSR count). The van der Waals surface area contributed by atoms with E-state index in [2.05, 4.69) is 5.73 Å². The minimum absolute atomic E-state index is 0.674. The van der Waals surface area contributed by atoms with Gasteiger partial charge in [-0.15, -0.1) is 5.73 Å². The molecule has 0 N–H and O–H groups in total. The monoisotopic (exact) mass is 108 g/mol. The summed E-state index contributed by atoms with van der Waals surface area (Å²) < 4.78 is 4.85. The summed E-state index contributed by atoms with van der Waals surface area (Å²) in [6.07, 6.45) is 5.83. The Balaban J connectivity index is 2.48. The SMILES string of the molecule is COCC1=C=CC=C1. The highest BCUT2D eigenvalue weighted by Crippen LogP contribution is 2.00. The van der Waals surface area contributed by atoms with E-state index in [4.69, 9.17) is 4.74 Å². The Hall–Kier alpha value is -0.780. The van der Waals surface area contributed by atoms with Gasteiger partial charge in [0.2, 0.25) is 0 Å². The van der Waals surface area contributed by atoms with Crippen LogP contribution in [0.4, 0.5) is 0 Å². The molecule has 0 amide bonds. The van der Waals surface area contributed by atoms with Crippen LogP contribution in [0.2, 0.25) is 0 Å². The molecule has 0 heterocycles. The predicted molar refractivity (Wildman–Crippen MR) is 32.6 cm³/mol. The van der Waals surface area contributed by atoms with E-state index in [9.17, 15) is 0 Å². The first-order valence-corrected chi connectivity index (χ1v) is 2.54. The van der Waals surface area contributed by atoms with Crippen molar-refractivity contribution in [1.29, 1.82) is 0 Å². The van der Waals surface area contributed by atoms with E-state index in [1.165, 1.54) is 0 Å². The first-order valence-electron chi connectivity index (χ1n) is 2.54. The van der Waals surface area contributed by atoms with Crippen LogP contribution in [0.15, 0.2) is 29.5 Å². The largest absolute Gasteiger partial charge is 0.379 e. The number of hydrogen-bond donors (Lipinski definition) is 0. The van der Waals surface area contributed by atoms with E-state index in [-0.39, 0.29) is 0 Å². The van der Waals surface area contributed by atoms with Crippen LogP contribution < -0.4 is 0 Å². The number of ether oxygens (including phenoxy) is 1. The van der Waals surface area contributed by atoms with Gasteiger partial charge in [-0.1, -0.05) is 6.08 Å². The van der Waals surface area contributed by atoms with Crippen LogP contribution in [0, 0.1) is 0 Å². The van der Waals surface area contributed by atoms with Crippen molar-refractivity contribution in [2.24, 2.45) is 0 Å². The summed E-state index contributed by atoms with van der Waals surface area (Å²) >= 11 is 0. The molecular weight excluding hydrogens is 100 g/mol. The molecule has 0 saturated carbocycles. The predicted octanol–water partition coefficient (Wildman–Crippen LogP) is 1.28. The third-order valence-electron chi connectivity index (χ3n) is 0.962. The molecule has 0 unspecified atom stereocenters. The highest BCUT2D eigenvalue weighted by Gasteiger charge is 1.89. The molecule has 0 saturated heterocycles. The normalized spacial score (nSPS) is 14.9. The molecule has 0 aromatic heterocycles. The Morgan fingerprint density at radius 3 is 3.12 bits per heavy atom. The Labute approximate surface area is 49.0 Å². The van der Waals surface area contributed by atoms with Gasteiger partial charge in [0.15, 0.2) is 0 Å². The van der Waals surface area contributed by atoms with Crippen LogP contribution in [0.25, 0.3) is 0 Å². The van der Waals surface area contributed by atoms with E-state index >= 15 is 0 Å². The number of hydrogen-bond acceptors (Lipinski definition) is 1.